The summed E-state index contributed by atoms with van der Waals surface area (Å²) >= 11 is 6.22. The maximum atomic E-state index is 13.1. The van der Waals surface area contributed by atoms with Crippen LogP contribution in [0.2, 0.25) is 5.02 Å². The van der Waals surface area contributed by atoms with Crippen molar-refractivity contribution in [1.29, 1.82) is 0 Å². The topological polar surface area (TPSA) is 83.5 Å². The summed E-state index contributed by atoms with van der Waals surface area (Å²) in [6.45, 7) is 0. The first-order valence-electron chi connectivity index (χ1n) is 5.10. The van der Waals surface area contributed by atoms with Crippen LogP contribution in [0.1, 0.15) is 9.67 Å². The van der Waals surface area contributed by atoms with Gasteiger partial charge in [-0.05, 0) is 30.3 Å². The summed E-state index contributed by atoms with van der Waals surface area (Å²) in [6, 6.07) is 5.59. The number of sulfonamides is 1. The van der Waals surface area contributed by atoms with Crippen molar-refractivity contribution < 1.29 is 22.7 Å². The average Bonchev–Trinajstić information content (AvgIpc) is 2.76. The van der Waals surface area contributed by atoms with E-state index in [1.165, 1.54) is 12.1 Å². The Morgan fingerprint density at radius 1 is 1.30 bits per heavy atom. The highest BCUT2D eigenvalue weighted by atomic mass is 35.5. The molecule has 0 saturated heterocycles. The van der Waals surface area contributed by atoms with Crippen molar-refractivity contribution in [3.05, 3.63) is 46.0 Å². The van der Waals surface area contributed by atoms with Crippen molar-refractivity contribution in [2.45, 2.75) is 4.21 Å². The average molecular weight is 336 g/mol. The first-order chi connectivity index (χ1) is 9.28. The zero-order valence-electron chi connectivity index (χ0n) is 9.63. The summed E-state index contributed by atoms with van der Waals surface area (Å²) in [5.74, 6) is -1.90. The second-order valence-corrected chi connectivity index (χ2v) is 7.12. The van der Waals surface area contributed by atoms with Gasteiger partial charge in [0.05, 0.1) is 5.69 Å². The third-order valence-corrected chi connectivity index (χ3v) is 5.34. The van der Waals surface area contributed by atoms with Crippen molar-refractivity contribution in [2.24, 2.45) is 0 Å². The molecule has 1 aromatic carbocycles. The molecule has 0 fully saturated rings. The molecule has 0 radical (unpaired) electrons. The number of hydrogen-bond donors (Lipinski definition) is 2. The third kappa shape index (κ3) is 3.27. The van der Waals surface area contributed by atoms with Gasteiger partial charge in [-0.1, -0.05) is 11.6 Å². The maximum absolute atomic E-state index is 13.1. The molecule has 0 atom stereocenters. The molecule has 0 aliphatic carbocycles. The molecule has 2 N–H and O–H groups in total. The number of hydrogen-bond acceptors (Lipinski definition) is 4. The standard InChI is InChI=1S/C11H7ClFNO4S2/c12-6-3-7(13)5-8(4-6)14-20(17,18)10-2-1-9(19-10)11(15)16/h1-5,14H,(H,15,16). The van der Waals surface area contributed by atoms with Crippen LogP contribution in [0.15, 0.2) is 34.5 Å². The van der Waals surface area contributed by atoms with Gasteiger partial charge in [-0.3, -0.25) is 4.72 Å². The quantitative estimate of drug-likeness (QED) is 0.899. The van der Waals surface area contributed by atoms with Gasteiger partial charge < -0.3 is 5.11 Å². The van der Waals surface area contributed by atoms with Crippen LogP contribution >= 0.6 is 22.9 Å². The first-order valence-corrected chi connectivity index (χ1v) is 7.78. The minimum Gasteiger partial charge on any atom is -0.477 e. The van der Waals surface area contributed by atoms with Crippen LogP contribution in [0.4, 0.5) is 10.1 Å². The number of nitrogens with one attached hydrogen (secondary N) is 1. The second-order valence-electron chi connectivity index (χ2n) is 3.69. The molecule has 5 nitrogen and oxygen atoms in total. The molecule has 106 valence electrons. The number of carboxylic acid groups (broad SMARTS) is 1. The predicted molar refractivity (Wildman–Crippen MR) is 73.5 cm³/mol. The molecule has 0 spiro atoms. The molecule has 1 heterocycles. The van der Waals surface area contributed by atoms with Crippen LogP contribution in [-0.4, -0.2) is 19.5 Å². The number of benzene rings is 1. The summed E-state index contributed by atoms with van der Waals surface area (Å²) in [5.41, 5.74) is -0.0414. The fraction of sp³-hybridized carbons (Fsp3) is 0. The molecule has 20 heavy (non-hydrogen) atoms. The van der Waals surface area contributed by atoms with E-state index < -0.39 is 21.8 Å². The van der Waals surface area contributed by atoms with E-state index in [1.807, 2.05) is 0 Å². The summed E-state index contributed by atoms with van der Waals surface area (Å²) in [6.07, 6.45) is 0. The Morgan fingerprint density at radius 2 is 2.00 bits per heavy atom. The molecular weight excluding hydrogens is 329 g/mol. The highest BCUT2D eigenvalue weighted by molar-refractivity contribution is 7.94. The van der Waals surface area contributed by atoms with Crippen LogP contribution in [-0.2, 0) is 10.0 Å². The number of carbonyl (C=O) groups is 1. The number of thiophene rings is 1. The van der Waals surface area contributed by atoms with E-state index in [1.54, 1.807) is 0 Å². The Kier molecular flexibility index (Phi) is 3.98. The van der Waals surface area contributed by atoms with Crippen molar-refractivity contribution >= 4 is 44.6 Å². The first kappa shape index (κ1) is 14.8. The molecule has 0 saturated carbocycles. The van der Waals surface area contributed by atoms with Gasteiger partial charge in [0.1, 0.15) is 14.9 Å². The lowest BCUT2D eigenvalue weighted by atomic mass is 10.3. The lowest BCUT2D eigenvalue weighted by Crippen LogP contribution is -2.11. The molecule has 2 aromatic rings. The third-order valence-electron chi connectivity index (χ3n) is 2.17. The molecule has 9 heteroatoms. The zero-order chi connectivity index (χ0) is 14.9. The van der Waals surface area contributed by atoms with Gasteiger partial charge in [-0.25, -0.2) is 17.6 Å². The fourth-order valence-corrected chi connectivity index (χ4v) is 3.80. The Balaban J connectivity index is 2.32. The van der Waals surface area contributed by atoms with Gasteiger partial charge in [0.2, 0.25) is 0 Å². The molecule has 0 aliphatic rings. The monoisotopic (exact) mass is 335 g/mol. The smallest absolute Gasteiger partial charge is 0.345 e. The fourth-order valence-electron chi connectivity index (χ4n) is 1.40. The van der Waals surface area contributed by atoms with Crippen LogP contribution in [0.25, 0.3) is 0 Å². The number of carboxylic acids is 1. The van der Waals surface area contributed by atoms with Crippen molar-refractivity contribution in [1.82, 2.24) is 0 Å². The van der Waals surface area contributed by atoms with Gasteiger partial charge in [0, 0.05) is 5.02 Å². The summed E-state index contributed by atoms with van der Waals surface area (Å²) in [5, 5.41) is 8.80. The lowest BCUT2D eigenvalue weighted by molar-refractivity contribution is 0.0702. The number of halogens is 2. The van der Waals surface area contributed by atoms with Crippen molar-refractivity contribution in [2.75, 3.05) is 4.72 Å². The molecule has 0 bridgehead atoms. The van der Waals surface area contributed by atoms with E-state index in [0.717, 1.165) is 18.2 Å². The maximum Gasteiger partial charge on any atom is 0.345 e. The van der Waals surface area contributed by atoms with Crippen LogP contribution in [0.3, 0.4) is 0 Å². The number of rotatable bonds is 4. The molecule has 0 aliphatic heterocycles. The normalized spacial score (nSPS) is 11.3. The Labute approximate surface area is 122 Å². The number of anilines is 1. The minimum absolute atomic E-state index is 0.0414. The summed E-state index contributed by atoms with van der Waals surface area (Å²) in [7, 11) is -3.98. The summed E-state index contributed by atoms with van der Waals surface area (Å²) in [4.78, 5) is 10.6. The molecule has 0 unspecified atom stereocenters. The number of aromatic carboxylic acids is 1. The highest BCUT2D eigenvalue weighted by Gasteiger charge is 2.19. The lowest BCUT2D eigenvalue weighted by Gasteiger charge is -2.06. The largest absolute Gasteiger partial charge is 0.477 e. The summed E-state index contributed by atoms with van der Waals surface area (Å²) < 4.78 is 39.1. The van der Waals surface area contributed by atoms with Gasteiger partial charge in [-0.2, -0.15) is 0 Å². The molecular formula is C11H7ClFNO4S2. The Hall–Kier alpha value is -1.64. The van der Waals surface area contributed by atoms with Gasteiger partial charge in [0.15, 0.2) is 0 Å². The minimum atomic E-state index is -3.98. The molecule has 0 amide bonds. The van der Waals surface area contributed by atoms with E-state index >= 15 is 0 Å². The van der Waals surface area contributed by atoms with Gasteiger partial charge in [-0.15, -0.1) is 11.3 Å². The van der Waals surface area contributed by atoms with Crippen molar-refractivity contribution in [3.8, 4) is 0 Å². The Morgan fingerprint density at radius 3 is 2.55 bits per heavy atom. The second kappa shape index (κ2) is 5.39. The van der Waals surface area contributed by atoms with Crippen LogP contribution in [0, 0.1) is 5.82 Å². The van der Waals surface area contributed by atoms with E-state index in [4.69, 9.17) is 16.7 Å². The predicted octanol–water partition coefficient (Wildman–Crippen LogP) is 3.04. The molecule has 1 aromatic heterocycles. The van der Waals surface area contributed by atoms with Crippen LogP contribution < -0.4 is 4.72 Å². The van der Waals surface area contributed by atoms with E-state index in [-0.39, 0.29) is 19.8 Å². The Bertz CT molecular complexity index is 752. The van der Waals surface area contributed by atoms with Gasteiger partial charge in [0.25, 0.3) is 10.0 Å². The van der Waals surface area contributed by atoms with E-state index in [2.05, 4.69) is 4.72 Å². The zero-order valence-corrected chi connectivity index (χ0v) is 12.0. The SMILES string of the molecule is O=C(O)c1ccc(S(=O)(=O)Nc2cc(F)cc(Cl)c2)s1. The highest BCUT2D eigenvalue weighted by Crippen LogP contribution is 2.25. The van der Waals surface area contributed by atoms with Gasteiger partial charge >= 0.3 is 5.97 Å². The van der Waals surface area contributed by atoms with Crippen LogP contribution in [0.5, 0.6) is 0 Å². The van der Waals surface area contributed by atoms with E-state index in [9.17, 15) is 17.6 Å². The van der Waals surface area contributed by atoms with Crippen molar-refractivity contribution in [3.63, 3.8) is 0 Å². The molecule has 2 rings (SSSR count). The van der Waals surface area contributed by atoms with E-state index in [0.29, 0.717) is 11.3 Å².